The lowest BCUT2D eigenvalue weighted by molar-refractivity contribution is 0.113. The van der Waals surface area contributed by atoms with Crippen molar-refractivity contribution in [2.24, 2.45) is 0 Å². The third kappa shape index (κ3) is 5.28. The van der Waals surface area contributed by atoms with E-state index in [1.165, 1.54) is 0 Å². The second-order valence-electron chi connectivity index (χ2n) is 7.03. The van der Waals surface area contributed by atoms with Gasteiger partial charge in [0.25, 0.3) is 5.56 Å². The lowest BCUT2D eigenvalue weighted by Gasteiger charge is -2.26. The highest BCUT2D eigenvalue weighted by atomic mass is 32.1. The summed E-state index contributed by atoms with van der Waals surface area (Å²) in [5.74, 6) is 0. The van der Waals surface area contributed by atoms with Crippen molar-refractivity contribution in [2.75, 3.05) is 26.3 Å². The van der Waals surface area contributed by atoms with Crippen molar-refractivity contribution in [1.29, 1.82) is 0 Å². The van der Waals surface area contributed by atoms with Gasteiger partial charge in [-0.3, -0.25) is 4.79 Å². The van der Waals surface area contributed by atoms with Crippen LogP contribution in [0.25, 0.3) is 10.9 Å². The number of nitrogens with one attached hydrogen (secondary N) is 2. The minimum absolute atomic E-state index is 0.0816. The number of aliphatic hydroxyl groups excluding tert-OH is 1. The molecule has 1 atom stereocenters. The Balaban J connectivity index is 1.73. The molecule has 7 heteroatoms. The Morgan fingerprint density at radius 3 is 3.04 bits per heavy atom. The van der Waals surface area contributed by atoms with Crippen molar-refractivity contribution in [3.05, 3.63) is 45.7 Å². The van der Waals surface area contributed by atoms with Crippen molar-refractivity contribution in [1.82, 2.24) is 15.2 Å². The van der Waals surface area contributed by atoms with E-state index in [0.29, 0.717) is 36.7 Å². The molecule has 0 aliphatic carbocycles. The molecule has 0 spiro atoms. The fraction of sp³-hybridized carbons (Fsp3) is 0.500. The molecule has 6 nitrogen and oxygen atoms in total. The predicted octanol–water partition coefficient (Wildman–Crippen LogP) is 2.07. The van der Waals surface area contributed by atoms with E-state index in [1.54, 1.807) is 0 Å². The third-order valence-corrected chi connectivity index (χ3v) is 5.22. The quantitative estimate of drug-likeness (QED) is 0.630. The fourth-order valence-corrected chi connectivity index (χ4v) is 3.55. The van der Waals surface area contributed by atoms with Crippen LogP contribution in [0.5, 0.6) is 0 Å². The van der Waals surface area contributed by atoms with Gasteiger partial charge in [-0.05, 0) is 61.5 Å². The molecule has 1 unspecified atom stereocenters. The smallest absolute Gasteiger partial charge is 0.253 e. The number of aliphatic hydroxyl groups is 1. The molecule has 3 rings (SSSR count). The van der Waals surface area contributed by atoms with E-state index in [9.17, 15) is 9.90 Å². The average Bonchev–Trinajstić information content (AvgIpc) is 3.17. The van der Waals surface area contributed by atoms with Crippen molar-refractivity contribution in [3.8, 4) is 0 Å². The third-order valence-electron chi connectivity index (χ3n) is 4.82. The van der Waals surface area contributed by atoms with Crippen LogP contribution in [0.1, 0.15) is 30.4 Å². The van der Waals surface area contributed by atoms with Crippen LogP contribution in [0.3, 0.4) is 0 Å². The van der Waals surface area contributed by atoms with E-state index in [1.807, 2.05) is 36.1 Å². The van der Waals surface area contributed by atoms with Gasteiger partial charge in [0.2, 0.25) is 0 Å². The van der Waals surface area contributed by atoms with E-state index in [4.69, 9.17) is 17.0 Å². The normalized spacial score (nSPS) is 16.6. The van der Waals surface area contributed by atoms with Gasteiger partial charge >= 0.3 is 0 Å². The summed E-state index contributed by atoms with van der Waals surface area (Å²) in [4.78, 5) is 17.4. The van der Waals surface area contributed by atoms with Gasteiger partial charge in [-0.25, -0.2) is 0 Å². The van der Waals surface area contributed by atoms with Gasteiger partial charge in [0.15, 0.2) is 5.11 Å². The molecule has 1 aliphatic rings. The first-order valence-corrected chi connectivity index (χ1v) is 9.85. The van der Waals surface area contributed by atoms with Gasteiger partial charge in [-0.1, -0.05) is 12.1 Å². The van der Waals surface area contributed by atoms with Crippen molar-refractivity contribution in [2.45, 2.75) is 38.8 Å². The topological polar surface area (TPSA) is 77.6 Å². The lowest BCUT2D eigenvalue weighted by atomic mass is 10.1. The Labute approximate surface area is 164 Å². The molecule has 1 aliphatic heterocycles. The van der Waals surface area contributed by atoms with Crippen molar-refractivity contribution in [3.63, 3.8) is 0 Å². The van der Waals surface area contributed by atoms with E-state index in [-0.39, 0.29) is 18.3 Å². The largest absolute Gasteiger partial charge is 0.396 e. The maximum atomic E-state index is 12.5. The molecule has 0 saturated carbocycles. The van der Waals surface area contributed by atoms with Crippen LogP contribution in [-0.2, 0) is 11.3 Å². The molecule has 1 fully saturated rings. The Morgan fingerprint density at radius 2 is 2.30 bits per heavy atom. The number of aryl methyl sites for hydroxylation is 1. The van der Waals surface area contributed by atoms with E-state index in [0.717, 1.165) is 35.9 Å². The minimum Gasteiger partial charge on any atom is -0.396 e. The molecule has 1 saturated heterocycles. The molecule has 3 N–H and O–H groups in total. The number of hydrogen-bond donors (Lipinski definition) is 3. The molecular formula is C20H27N3O3S. The van der Waals surface area contributed by atoms with Crippen LogP contribution in [0, 0.1) is 6.92 Å². The van der Waals surface area contributed by atoms with E-state index < -0.39 is 0 Å². The molecule has 1 aromatic carbocycles. The van der Waals surface area contributed by atoms with Gasteiger partial charge in [-0.15, -0.1) is 0 Å². The zero-order chi connectivity index (χ0) is 19.2. The fourth-order valence-electron chi connectivity index (χ4n) is 3.32. The van der Waals surface area contributed by atoms with Crippen LogP contribution < -0.4 is 10.9 Å². The maximum Gasteiger partial charge on any atom is 0.253 e. The molecule has 27 heavy (non-hydrogen) atoms. The second kappa shape index (κ2) is 9.30. The zero-order valence-corrected chi connectivity index (χ0v) is 16.5. The number of benzene rings is 1. The predicted molar refractivity (Wildman–Crippen MR) is 111 cm³/mol. The maximum absolute atomic E-state index is 12.5. The van der Waals surface area contributed by atoms with E-state index in [2.05, 4.69) is 10.3 Å². The number of aromatic amines is 1. The summed E-state index contributed by atoms with van der Waals surface area (Å²) in [5, 5.41) is 14.0. The molecule has 0 amide bonds. The van der Waals surface area contributed by atoms with Crippen molar-refractivity contribution >= 4 is 28.2 Å². The van der Waals surface area contributed by atoms with Crippen molar-refractivity contribution < 1.29 is 9.84 Å². The Hall–Kier alpha value is -1.96. The van der Waals surface area contributed by atoms with Crippen LogP contribution in [0.4, 0.5) is 0 Å². The average molecular weight is 390 g/mol. The van der Waals surface area contributed by atoms with Gasteiger partial charge in [0.1, 0.15) is 0 Å². The number of rotatable bonds is 7. The monoisotopic (exact) mass is 389 g/mol. The van der Waals surface area contributed by atoms with Gasteiger partial charge in [0.05, 0.1) is 12.6 Å². The summed E-state index contributed by atoms with van der Waals surface area (Å²) < 4.78 is 5.62. The summed E-state index contributed by atoms with van der Waals surface area (Å²) in [6.45, 7) is 4.54. The highest BCUT2D eigenvalue weighted by Crippen LogP contribution is 2.15. The number of thiocarbonyl (C=S) groups is 1. The van der Waals surface area contributed by atoms with Gasteiger partial charge < -0.3 is 25.0 Å². The molecule has 0 bridgehead atoms. The molecule has 2 aromatic rings. The van der Waals surface area contributed by atoms with Crippen LogP contribution in [-0.4, -0.2) is 52.5 Å². The van der Waals surface area contributed by atoms with Crippen LogP contribution in [0.2, 0.25) is 0 Å². The standard InChI is InChI=1S/C20H27N3O3S/c1-14-5-6-15-11-16(19(25)22-18(15)10-14)13-23(7-3-8-24)20(27)21-12-17-4-2-9-26-17/h5-6,10-11,17,24H,2-4,7-9,12-13H2,1H3,(H,21,27)(H,22,25). The number of nitrogens with zero attached hydrogens (tertiary/aromatic N) is 1. The highest BCUT2D eigenvalue weighted by Gasteiger charge is 2.18. The first kappa shape index (κ1) is 19.8. The number of H-pyrrole nitrogens is 1. The number of pyridine rings is 1. The molecule has 2 heterocycles. The van der Waals surface area contributed by atoms with Gasteiger partial charge in [0, 0.05) is 37.4 Å². The summed E-state index contributed by atoms with van der Waals surface area (Å²) >= 11 is 5.54. The Bertz CT molecular complexity index is 846. The first-order valence-electron chi connectivity index (χ1n) is 9.44. The molecule has 1 aromatic heterocycles. The summed E-state index contributed by atoms with van der Waals surface area (Å²) in [7, 11) is 0. The molecular weight excluding hydrogens is 362 g/mol. The zero-order valence-electron chi connectivity index (χ0n) is 15.7. The number of ether oxygens (including phenoxy) is 1. The summed E-state index contributed by atoms with van der Waals surface area (Å²) in [5.41, 5.74) is 2.49. The number of aromatic nitrogens is 1. The van der Waals surface area contributed by atoms with Crippen LogP contribution >= 0.6 is 12.2 Å². The Kier molecular flexibility index (Phi) is 6.82. The van der Waals surface area contributed by atoms with E-state index >= 15 is 0 Å². The minimum atomic E-state index is -0.107. The SMILES string of the molecule is Cc1ccc2cc(CN(CCCO)C(=S)NCC3CCCO3)c(=O)[nH]c2c1. The lowest BCUT2D eigenvalue weighted by Crippen LogP contribution is -2.43. The number of fused-ring (bicyclic) bond motifs is 1. The second-order valence-corrected chi connectivity index (χ2v) is 7.42. The summed E-state index contributed by atoms with van der Waals surface area (Å²) in [6, 6.07) is 7.93. The van der Waals surface area contributed by atoms with Gasteiger partial charge in [-0.2, -0.15) is 0 Å². The molecule has 146 valence electrons. The van der Waals surface area contributed by atoms with Crippen LogP contribution in [0.15, 0.2) is 29.1 Å². The Morgan fingerprint density at radius 1 is 1.44 bits per heavy atom. The highest BCUT2D eigenvalue weighted by molar-refractivity contribution is 7.80. The number of hydrogen-bond acceptors (Lipinski definition) is 4. The molecule has 0 radical (unpaired) electrons. The first-order chi connectivity index (χ1) is 13.1. The summed E-state index contributed by atoms with van der Waals surface area (Å²) in [6.07, 6.45) is 2.90.